The maximum atomic E-state index is 11.1. The van der Waals surface area contributed by atoms with Crippen molar-refractivity contribution in [1.82, 2.24) is 0 Å². The van der Waals surface area contributed by atoms with Crippen LogP contribution in [0.1, 0.15) is 25.0 Å². The Kier molecular flexibility index (Phi) is 4.99. The van der Waals surface area contributed by atoms with Crippen molar-refractivity contribution in [2.24, 2.45) is 0 Å². The lowest BCUT2D eigenvalue weighted by molar-refractivity contribution is -0.116. The van der Waals surface area contributed by atoms with Crippen LogP contribution >= 0.6 is 15.9 Å². The summed E-state index contributed by atoms with van der Waals surface area (Å²) in [7, 11) is 0. The van der Waals surface area contributed by atoms with Crippen LogP contribution in [0.2, 0.25) is 0 Å². The summed E-state index contributed by atoms with van der Waals surface area (Å²) < 4.78 is 6.35. The first-order valence-electron chi connectivity index (χ1n) is 4.98. The van der Waals surface area contributed by atoms with E-state index in [1.807, 2.05) is 25.1 Å². The molecular formula is C12H15BrO2. The van der Waals surface area contributed by atoms with Crippen molar-refractivity contribution >= 4 is 21.7 Å². The van der Waals surface area contributed by atoms with Gasteiger partial charge in [-0.15, -0.1) is 0 Å². The number of carbonyl (C=O) groups excluding carboxylic acids is 1. The van der Waals surface area contributed by atoms with E-state index < -0.39 is 0 Å². The normalized spacial score (nSPS) is 10.3. The van der Waals surface area contributed by atoms with Crippen LogP contribution in [0, 0.1) is 0 Å². The van der Waals surface area contributed by atoms with Crippen LogP contribution in [-0.2, 0) is 22.6 Å². The minimum absolute atomic E-state index is 0.172. The molecule has 0 aliphatic carbocycles. The molecule has 0 fully saturated rings. The zero-order chi connectivity index (χ0) is 11.3. The van der Waals surface area contributed by atoms with Gasteiger partial charge in [-0.05, 0) is 37.1 Å². The monoisotopic (exact) mass is 270 g/mol. The summed E-state index contributed by atoms with van der Waals surface area (Å²) in [5, 5.41) is 0. The SMILES string of the molecule is CCOCc1ccc(Br)cc1CC(C)=O. The smallest absolute Gasteiger partial charge is 0.134 e. The fourth-order valence-electron chi connectivity index (χ4n) is 1.38. The lowest BCUT2D eigenvalue weighted by Gasteiger charge is -2.08. The Morgan fingerprint density at radius 3 is 2.73 bits per heavy atom. The number of rotatable bonds is 5. The van der Waals surface area contributed by atoms with Gasteiger partial charge in [0.1, 0.15) is 5.78 Å². The van der Waals surface area contributed by atoms with E-state index in [-0.39, 0.29) is 5.78 Å². The van der Waals surface area contributed by atoms with Crippen LogP contribution in [0.25, 0.3) is 0 Å². The molecule has 1 rings (SSSR count). The quantitative estimate of drug-likeness (QED) is 0.822. The van der Waals surface area contributed by atoms with Gasteiger partial charge >= 0.3 is 0 Å². The molecule has 0 saturated heterocycles. The molecule has 0 radical (unpaired) electrons. The first-order chi connectivity index (χ1) is 7.13. The van der Waals surface area contributed by atoms with Crippen molar-refractivity contribution in [2.45, 2.75) is 26.9 Å². The summed E-state index contributed by atoms with van der Waals surface area (Å²) in [4.78, 5) is 11.1. The van der Waals surface area contributed by atoms with Crippen LogP contribution in [0.4, 0.5) is 0 Å². The second-order valence-corrected chi connectivity index (χ2v) is 4.34. The fourth-order valence-corrected chi connectivity index (χ4v) is 1.79. The van der Waals surface area contributed by atoms with Gasteiger partial charge in [-0.25, -0.2) is 0 Å². The van der Waals surface area contributed by atoms with Gasteiger partial charge in [-0.3, -0.25) is 4.79 Å². The van der Waals surface area contributed by atoms with E-state index in [1.54, 1.807) is 6.92 Å². The topological polar surface area (TPSA) is 26.3 Å². The number of ether oxygens (including phenoxy) is 1. The van der Waals surface area contributed by atoms with E-state index >= 15 is 0 Å². The average molecular weight is 271 g/mol. The van der Waals surface area contributed by atoms with E-state index in [2.05, 4.69) is 15.9 Å². The molecule has 2 nitrogen and oxygen atoms in total. The zero-order valence-corrected chi connectivity index (χ0v) is 10.6. The third-order valence-corrected chi connectivity index (χ3v) is 2.56. The van der Waals surface area contributed by atoms with Crippen LogP contribution in [-0.4, -0.2) is 12.4 Å². The molecule has 0 N–H and O–H groups in total. The molecule has 0 aliphatic rings. The highest BCUT2D eigenvalue weighted by Gasteiger charge is 2.05. The summed E-state index contributed by atoms with van der Waals surface area (Å²) in [6, 6.07) is 5.95. The Balaban J connectivity index is 2.87. The summed E-state index contributed by atoms with van der Waals surface area (Å²) in [6.45, 7) is 4.83. The molecular weight excluding hydrogens is 256 g/mol. The van der Waals surface area contributed by atoms with Crippen molar-refractivity contribution < 1.29 is 9.53 Å². The van der Waals surface area contributed by atoms with Gasteiger partial charge in [-0.1, -0.05) is 22.0 Å². The summed E-state index contributed by atoms with van der Waals surface area (Å²) in [6.07, 6.45) is 0.474. The molecule has 0 amide bonds. The third kappa shape index (κ3) is 4.14. The number of halogens is 1. The highest BCUT2D eigenvalue weighted by atomic mass is 79.9. The maximum Gasteiger partial charge on any atom is 0.134 e. The van der Waals surface area contributed by atoms with Crippen molar-refractivity contribution in [2.75, 3.05) is 6.61 Å². The van der Waals surface area contributed by atoms with E-state index in [4.69, 9.17) is 4.74 Å². The van der Waals surface area contributed by atoms with Crippen molar-refractivity contribution in [1.29, 1.82) is 0 Å². The Morgan fingerprint density at radius 1 is 1.40 bits per heavy atom. The molecule has 0 heterocycles. The first-order valence-corrected chi connectivity index (χ1v) is 5.77. The molecule has 0 spiro atoms. The second kappa shape index (κ2) is 6.03. The summed E-state index contributed by atoms with van der Waals surface area (Å²) >= 11 is 3.40. The van der Waals surface area contributed by atoms with Gasteiger partial charge in [-0.2, -0.15) is 0 Å². The number of benzene rings is 1. The van der Waals surface area contributed by atoms with E-state index in [0.29, 0.717) is 19.6 Å². The molecule has 1 aromatic rings. The van der Waals surface area contributed by atoms with Crippen molar-refractivity contribution in [3.63, 3.8) is 0 Å². The molecule has 0 atom stereocenters. The molecule has 0 saturated carbocycles. The van der Waals surface area contributed by atoms with E-state index in [9.17, 15) is 4.79 Å². The zero-order valence-electron chi connectivity index (χ0n) is 9.05. The van der Waals surface area contributed by atoms with Gasteiger partial charge in [0.05, 0.1) is 6.61 Å². The second-order valence-electron chi connectivity index (χ2n) is 3.43. The molecule has 15 heavy (non-hydrogen) atoms. The van der Waals surface area contributed by atoms with Gasteiger partial charge in [0.2, 0.25) is 0 Å². The molecule has 3 heteroatoms. The highest BCUT2D eigenvalue weighted by molar-refractivity contribution is 9.10. The molecule has 82 valence electrons. The molecule has 0 unspecified atom stereocenters. The van der Waals surface area contributed by atoms with Crippen molar-refractivity contribution in [3.8, 4) is 0 Å². The van der Waals surface area contributed by atoms with Crippen LogP contribution in [0.15, 0.2) is 22.7 Å². The van der Waals surface area contributed by atoms with Gasteiger partial charge in [0.15, 0.2) is 0 Å². The predicted molar refractivity (Wildman–Crippen MR) is 63.9 cm³/mol. The summed E-state index contributed by atoms with van der Waals surface area (Å²) in [5.74, 6) is 0.172. The third-order valence-electron chi connectivity index (χ3n) is 2.07. The van der Waals surface area contributed by atoms with E-state index in [1.165, 1.54) is 0 Å². The number of hydrogen-bond acceptors (Lipinski definition) is 2. The Hall–Kier alpha value is -0.670. The van der Waals surface area contributed by atoms with Gasteiger partial charge < -0.3 is 4.74 Å². The molecule has 1 aromatic carbocycles. The number of Topliss-reactive ketones (excluding diaryl/α,β-unsaturated/α-hetero) is 1. The van der Waals surface area contributed by atoms with Crippen LogP contribution in [0.3, 0.4) is 0 Å². The number of carbonyl (C=O) groups is 1. The Labute approximate surface area is 98.8 Å². The van der Waals surface area contributed by atoms with Crippen LogP contribution in [0.5, 0.6) is 0 Å². The van der Waals surface area contributed by atoms with Crippen LogP contribution < -0.4 is 0 Å². The van der Waals surface area contributed by atoms with Gasteiger partial charge in [0.25, 0.3) is 0 Å². The minimum Gasteiger partial charge on any atom is -0.377 e. The largest absolute Gasteiger partial charge is 0.377 e. The molecule has 0 bridgehead atoms. The summed E-state index contributed by atoms with van der Waals surface area (Å²) in [5.41, 5.74) is 2.14. The maximum absolute atomic E-state index is 11.1. The highest BCUT2D eigenvalue weighted by Crippen LogP contribution is 2.18. The molecule has 0 aliphatic heterocycles. The average Bonchev–Trinajstić information content (AvgIpc) is 2.16. The van der Waals surface area contributed by atoms with E-state index in [0.717, 1.165) is 15.6 Å². The molecule has 0 aromatic heterocycles. The lowest BCUT2D eigenvalue weighted by atomic mass is 10.0. The Bertz CT molecular complexity index is 347. The predicted octanol–water partition coefficient (Wildman–Crippen LogP) is 3.12. The first kappa shape index (κ1) is 12.4. The van der Waals surface area contributed by atoms with Gasteiger partial charge in [0, 0.05) is 17.5 Å². The Morgan fingerprint density at radius 2 is 2.13 bits per heavy atom. The standard InChI is InChI=1S/C12H15BrO2/c1-3-15-8-10-4-5-12(13)7-11(10)6-9(2)14/h4-5,7H,3,6,8H2,1-2H3. The lowest BCUT2D eigenvalue weighted by Crippen LogP contribution is -2.03. The number of hydrogen-bond donors (Lipinski definition) is 0. The minimum atomic E-state index is 0.172. The van der Waals surface area contributed by atoms with Crippen molar-refractivity contribution in [3.05, 3.63) is 33.8 Å². The number of ketones is 1. The fraction of sp³-hybridized carbons (Fsp3) is 0.417.